The van der Waals surface area contributed by atoms with Crippen LogP contribution in [-0.2, 0) is 17.6 Å². The number of rotatable bonds is 4. The van der Waals surface area contributed by atoms with E-state index in [2.05, 4.69) is 22.8 Å². The Morgan fingerprint density at radius 1 is 1.23 bits per heavy atom. The minimum atomic E-state index is -0.385. The van der Waals surface area contributed by atoms with Gasteiger partial charge < -0.3 is 10.6 Å². The van der Waals surface area contributed by atoms with Crippen LogP contribution in [0.1, 0.15) is 53.3 Å². The summed E-state index contributed by atoms with van der Waals surface area (Å²) in [6.45, 7) is 5.91. The molecule has 5 heteroatoms. The van der Waals surface area contributed by atoms with Crippen molar-refractivity contribution in [1.82, 2.24) is 0 Å². The number of carbonyl (C=O) groups is 1. The van der Waals surface area contributed by atoms with Crippen LogP contribution in [0, 0.1) is 25.2 Å². The van der Waals surface area contributed by atoms with E-state index in [0.29, 0.717) is 10.6 Å². The van der Waals surface area contributed by atoms with Crippen LogP contribution in [0.4, 0.5) is 10.7 Å². The number of hydrogen-bond acceptors (Lipinski definition) is 4. The molecule has 0 aliphatic heterocycles. The Hall–Kier alpha value is -2.32. The average molecular weight is 368 g/mol. The number of fused-ring (bicyclic) bond motifs is 1. The summed E-state index contributed by atoms with van der Waals surface area (Å²) in [7, 11) is 0. The number of hydrogen-bond donors (Lipinski definition) is 2. The van der Waals surface area contributed by atoms with Crippen LogP contribution >= 0.6 is 11.3 Å². The standard InChI is InChI=1S/C21H25N3OS/c1-13-9-10-14(2)18(11-13)23-15(3)20(25)24-21-17(12-22)16-7-5-4-6-8-19(16)26-21/h9-11,15,23H,4-8H2,1-3H3,(H,24,25)/t15-/m1/s1. The maximum absolute atomic E-state index is 12.7. The number of benzene rings is 1. The summed E-state index contributed by atoms with van der Waals surface area (Å²) in [6, 6.07) is 8.09. The molecule has 1 atom stereocenters. The maximum atomic E-state index is 12.7. The highest BCUT2D eigenvalue weighted by Crippen LogP contribution is 2.37. The van der Waals surface area contributed by atoms with Crippen LogP contribution in [0.5, 0.6) is 0 Å². The van der Waals surface area contributed by atoms with Gasteiger partial charge >= 0.3 is 0 Å². The van der Waals surface area contributed by atoms with Crippen molar-refractivity contribution in [2.45, 2.75) is 58.9 Å². The molecule has 26 heavy (non-hydrogen) atoms. The van der Waals surface area contributed by atoms with Crippen molar-refractivity contribution in [3.63, 3.8) is 0 Å². The fraction of sp³-hybridized carbons (Fsp3) is 0.429. The van der Waals surface area contributed by atoms with Crippen molar-refractivity contribution in [1.29, 1.82) is 5.26 Å². The van der Waals surface area contributed by atoms with E-state index in [1.165, 1.54) is 11.3 Å². The summed E-state index contributed by atoms with van der Waals surface area (Å²) in [5.74, 6) is -0.112. The molecule has 1 aliphatic rings. The number of amides is 1. The summed E-state index contributed by atoms with van der Waals surface area (Å²) in [4.78, 5) is 14.0. The number of carbonyl (C=O) groups excluding carboxylic acids is 1. The molecule has 1 amide bonds. The van der Waals surface area contributed by atoms with Gasteiger partial charge in [0.25, 0.3) is 0 Å². The zero-order chi connectivity index (χ0) is 18.7. The van der Waals surface area contributed by atoms with Gasteiger partial charge in [0.1, 0.15) is 17.1 Å². The predicted octanol–water partition coefficient (Wildman–Crippen LogP) is 4.94. The van der Waals surface area contributed by atoms with E-state index < -0.39 is 0 Å². The summed E-state index contributed by atoms with van der Waals surface area (Å²) in [5, 5.41) is 16.6. The van der Waals surface area contributed by atoms with E-state index in [-0.39, 0.29) is 11.9 Å². The number of anilines is 2. The van der Waals surface area contributed by atoms with Gasteiger partial charge in [-0.25, -0.2) is 0 Å². The highest BCUT2D eigenvalue weighted by Gasteiger charge is 2.22. The first-order chi connectivity index (χ1) is 12.5. The monoisotopic (exact) mass is 367 g/mol. The van der Waals surface area contributed by atoms with Gasteiger partial charge in [-0.05, 0) is 69.2 Å². The number of thiophene rings is 1. The Labute approximate surface area is 159 Å². The highest BCUT2D eigenvalue weighted by molar-refractivity contribution is 7.16. The molecule has 0 radical (unpaired) electrons. The van der Waals surface area contributed by atoms with Crippen molar-refractivity contribution >= 4 is 27.9 Å². The number of nitrogens with zero attached hydrogens (tertiary/aromatic N) is 1. The van der Waals surface area contributed by atoms with E-state index in [1.807, 2.05) is 32.9 Å². The third kappa shape index (κ3) is 3.91. The molecule has 0 fully saturated rings. The van der Waals surface area contributed by atoms with E-state index in [9.17, 15) is 10.1 Å². The van der Waals surface area contributed by atoms with Gasteiger partial charge in [-0.2, -0.15) is 5.26 Å². The third-order valence-corrected chi connectivity index (χ3v) is 6.14. The molecule has 2 N–H and O–H groups in total. The minimum Gasteiger partial charge on any atom is -0.374 e. The van der Waals surface area contributed by atoms with Crippen molar-refractivity contribution in [2.24, 2.45) is 0 Å². The molecule has 136 valence electrons. The van der Waals surface area contributed by atoms with Gasteiger partial charge in [0.05, 0.1) is 5.56 Å². The fourth-order valence-corrected chi connectivity index (χ4v) is 4.60. The van der Waals surface area contributed by atoms with E-state index in [4.69, 9.17) is 0 Å². The average Bonchev–Trinajstić information content (AvgIpc) is 2.77. The molecule has 0 saturated carbocycles. The Kier molecular flexibility index (Phi) is 5.63. The lowest BCUT2D eigenvalue weighted by Crippen LogP contribution is -2.32. The third-order valence-electron chi connectivity index (χ3n) is 4.93. The second-order valence-corrected chi connectivity index (χ2v) is 8.16. The van der Waals surface area contributed by atoms with Gasteiger partial charge in [0.2, 0.25) is 5.91 Å². The summed E-state index contributed by atoms with van der Waals surface area (Å²) in [5.41, 5.74) is 5.05. The number of aryl methyl sites for hydroxylation is 3. The molecule has 1 aliphatic carbocycles. The van der Waals surface area contributed by atoms with Crippen LogP contribution in [-0.4, -0.2) is 11.9 Å². The van der Waals surface area contributed by atoms with Gasteiger partial charge in [-0.1, -0.05) is 18.6 Å². The molecule has 2 aromatic rings. The van der Waals surface area contributed by atoms with E-state index >= 15 is 0 Å². The predicted molar refractivity (Wildman–Crippen MR) is 108 cm³/mol. The molecule has 0 spiro atoms. The molecule has 1 aromatic heterocycles. The van der Waals surface area contributed by atoms with E-state index in [1.54, 1.807) is 11.3 Å². The first-order valence-corrected chi connectivity index (χ1v) is 10.0. The first-order valence-electron chi connectivity index (χ1n) is 9.19. The zero-order valence-corrected chi connectivity index (χ0v) is 16.4. The summed E-state index contributed by atoms with van der Waals surface area (Å²) < 4.78 is 0. The van der Waals surface area contributed by atoms with Gasteiger partial charge in [0.15, 0.2) is 0 Å². The Balaban J connectivity index is 1.75. The second kappa shape index (κ2) is 7.92. The summed E-state index contributed by atoms with van der Waals surface area (Å²) in [6.07, 6.45) is 5.46. The highest BCUT2D eigenvalue weighted by atomic mass is 32.1. The molecule has 1 heterocycles. The van der Waals surface area contributed by atoms with Crippen molar-refractivity contribution < 1.29 is 4.79 Å². The first kappa shape index (κ1) is 18.5. The minimum absolute atomic E-state index is 0.112. The molecular formula is C21H25N3OS. The number of nitrogens with one attached hydrogen (secondary N) is 2. The fourth-order valence-electron chi connectivity index (χ4n) is 3.36. The van der Waals surface area contributed by atoms with Crippen molar-refractivity contribution in [3.8, 4) is 6.07 Å². The van der Waals surface area contributed by atoms with Gasteiger partial charge in [0, 0.05) is 10.6 Å². The molecule has 4 nitrogen and oxygen atoms in total. The quantitative estimate of drug-likeness (QED) is 0.752. The zero-order valence-electron chi connectivity index (χ0n) is 15.6. The lowest BCUT2D eigenvalue weighted by Gasteiger charge is -2.17. The van der Waals surface area contributed by atoms with Gasteiger partial charge in [-0.15, -0.1) is 11.3 Å². The molecule has 3 rings (SSSR count). The Morgan fingerprint density at radius 3 is 2.77 bits per heavy atom. The smallest absolute Gasteiger partial charge is 0.247 e. The largest absolute Gasteiger partial charge is 0.374 e. The van der Waals surface area contributed by atoms with Gasteiger partial charge in [-0.3, -0.25) is 4.79 Å². The van der Waals surface area contributed by atoms with Crippen LogP contribution in [0.15, 0.2) is 18.2 Å². The maximum Gasteiger partial charge on any atom is 0.247 e. The molecule has 0 saturated heterocycles. The van der Waals surface area contributed by atoms with Crippen LogP contribution in [0.3, 0.4) is 0 Å². The lowest BCUT2D eigenvalue weighted by atomic mass is 10.1. The van der Waals surface area contributed by atoms with Crippen molar-refractivity contribution in [2.75, 3.05) is 10.6 Å². The summed E-state index contributed by atoms with van der Waals surface area (Å²) >= 11 is 1.58. The Morgan fingerprint density at radius 2 is 2.00 bits per heavy atom. The van der Waals surface area contributed by atoms with Crippen LogP contribution in [0.2, 0.25) is 0 Å². The van der Waals surface area contributed by atoms with Crippen LogP contribution in [0.25, 0.3) is 0 Å². The molecule has 1 aromatic carbocycles. The van der Waals surface area contributed by atoms with Crippen LogP contribution < -0.4 is 10.6 Å². The molecular weight excluding hydrogens is 342 g/mol. The lowest BCUT2D eigenvalue weighted by molar-refractivity contribution is -0.116. The topological polar surface area (TPSA) is 64.9 Å². The second-order valence-electron chi connectivity index (χ2n) is 7.05. The number of nitriles is 1. The van der Waals surface area contributed by atoms with Crippen molar-refractivity contribution in [3.05, 3.63) is 45.3 Å². The SMILES string of the molecule is Cc1ccc(C)c(N[C@H](C)C(=O)Nc2sc3c(c2C#N)CCCCC3)c1. The molecule has 0 bridgehead atoms. The Bertz CT molecular complexity index is 863. The van der Waals surface area contributed by atoms with E-state index in [0.717, 1.165) is 48.1 Å². The normalized spacial score (nSPS) is 14.7. The molecule has 0 unspecified atom stereocenters.